The molecule has 2 aromatic carbocycles. The van der Waals surface area contributed by atoms with E-state index in [0.717, 1.165) is 4.90 Å². The summed E-state index contributed by atoms with van der Waals surface area (Å²) in [5, 5.41) is 2.50. The molecule has 1 heterocycles. The SMILES string of the molecule is COC(=O)Nc1ccc(N2C(=O)c3ccccc3C2=O)cc1. The molecule has 22 heavy (non-hydrogen) atoms. The Hall–Kier alpha value is -3.15. The molecule has 0 aliphatic carbocycles. The Kier molecular flexibility index (Phi) is 3.34. The van der Waals surface area contributed by atoms with Gasteiger partial charge >= 0.3 is 6.09 Å². The molecule has 0 fully saturated rings. The Morgan fingerprint density at radius 3 is 2.00 bits per heavy atom. The molecule has 0 unspecified atom stereocenters. The van der Waals surface area contributed by atoms with E-state index in [4.69, 9.17) is 0 Å². The van der Waals surface area contributed by atoms with Crippen LogP contribution in [0, 0.1) is 0 Å². The second-order valence-electron chi connectivity index (χ2n) is 4.65. The van der Waals surface area contributed by atoms with Crippen LogP contribution in [-0.2, 0) is 4.74 Å². The fourth-order valence-corrected chi connectivity index (χ4v) is 2.29. The van der Waals surface area contributed by atoms with Crippen LogP contribution < -0.4 is 10.2 Å². The second kappa shape index (κ2) is 5.33. The van der Waals surface area contributed by atoms with E-state index in [0.29, 0.717) is 22.5 Å². The lowest BCUT2D eigenvalue weighted by Gasteiger charge is -2.14. The molecule has 110 valence electrons. The summed E-state index contributed by atoms with van der Waals surface area (Å²) < 4.78 is 4.49. The van der Waals surface area contributed by atoms with Crippen molar-refractivity contribution < 1.29 is 19.1 Å². The molecule has 0 aromatic heterocycles. The van der Waals surface area contributed by atoms with Gasteiger partial charge in [0.05, 0.1) is 23.9 Å². The maximum Gasteiger partial charge on any atom is 0.411 e. The summed E-state index contributed by atoms with van der Waals surface area (Å²) in [4.78, 5) is 36.9. The minimum Gasteiger partial charge on any atom is -0.453 e. The highest BCUT2D eigenvalue weighted by Gasteiger charge is 2.36. The lowest BCUT2D eigenvalue weighted by molar-refractivity contribution is 0.0926. The summed E-state index contributed by atoms with van der Waals surface area (Å²) in [6.07, 6.45) is -0.589. The van der Waals surface area contributed by atoms with Crippen LogP contribution in [0.2, 0.25) is 0 Å². The number of anilines is 2. The van der Waals surface area contributed by atoms with Crippen LogP contribution in [0.5, 0.6) is 0 Å². The van der Waals surface area contributed by atoms with E-state index >= 15 is 0 Å². The summed E-state index contributed by atoms with van der Waals surface area (Å²) in [6, 6.07) is 13.1. The third-order valence-electron chi connectivity index (χ3n) is 3.35. The first-order valence-corrected chi connectivity index (χ1v) is 6.54. The number of hydrogen-bond acceptors (Lipinski definition) is 4. The normalized spacial score (nSPS) is 13.0. The van der Waals surface area contributed by atoms with E-state index < -0.39 is 6.09 Å². The van der Waals surface area contributed by atoms with Gasteiger partial charge in [0.1, 0.15) is 0 Å². The number of carbonyl (C=O) groups is 3. The Labute approximate surface area is 126 Å². The number of hydrogen-bond donors (Lipinski definition) is 1. The minimum atomic E-state index is -0.589. The number of nitrogens with one attached hydrogen (secondary N) is 1. The number of rotatable bonds is 2. The number of methoxy groups -OCH3 is 1. The lowest BCUT2D eigenvalue weighted by atomic mass is 10.1. The second-order valence-corrected chi connectivity index (χ2v) is 4.65. The van der Waals surface area contributed by atoms with Crippen LogP contribution in [0.15, 0.2) is 48.5 Å². The summed E-state index contributed by atoms with van der Waals surface area (Å²) >= 11 is 0. The smallest absolute Gasteiger partial charge is 0.411 e. The first-order chi connectivity index (χ1) is 10.6. The van der Waals surface area contributed by atoms with Gasteiger partial charge in [-0.25, -0.2) is 9.69 Å². The Bertz CT molecular complexity index is 733. The van der Waals surface area contributed by atoms with E-state index in [2.05, 4.69) is 10.1 Å². The fourth-order valence-electron chi connectivity index (χ4n) is 2.29. The summed E-state index contributed by atoms with van der Waals surface area (Å²) in [7, 11) is 1.27. The van der Waals surface area contributed by atoms with Crippen LogP contribution in [0.25, 0.3) is 0 Å². The summed E-state index contributed by atoms with van der Waals surface area (Å²) in [5.74, 6) is -0.705. The molecule has 0 saturated heterocycles. The molecule has 3 amide bonds. The zero-order valence-corrected chi connectivity index (χ0v) is 11.7. The van der Waals surface area contributed by atoms with Crippen molar-refractivity contribution in [2.45, 2.75) is 0 Å². The molecule has 1 aliphatic rings. The predicted molar refractivity (Wildman–Crippen MR) is 80.1 cm³/mol. The highest BCUT2D eigenvalue weighted by molar-refractivity contribution is 6.34. The van der Waals surface area contributed by atoms with Gasteiger partial charge in [0.15, 0.2) is 0 Å². The quantitative estimate of drug-likeness (QED) is 0.864. The van der Waals surface area contributed by atoms with Gasteiger partial charge in [0.2, 0.25) is 0 Å². The fraction of sp³-hybridized carbons (Fsp3) is 0.0625. The van der Waals surface area contributed by atoms with Gasteiger partial charge < -0.3 is 4.74 Å². The molecular weight excluding hydrogens is 284 g/mol. The maximum absolute atomic E-state index is 12.3. The van der Waals surface area contributed by atoms with E-state index in [-0.39, 0.29) is 11.8 Å². The highest BCUT2D eigenvalue weighted by Crippen LogP contribution is 2.28. The number of amides is 3. The van der Waals surface area contributed by atoms with Crippen molar-refractivity contribution in [1.29, 1.82) is 0 Å². The zero-order chi connectivity index (χ0) is 15.7. The average Bonchev–Trinajstić information content (AvgIpc) is 2.80. The Balaban J connectivity index is 1.88. The third-order valence-corrected chi connectivity index (χ3v) is 3.35. The first-order valence-electron chi connectivity index (χ1n) is 6.54. The van der Waals surface area contributed by atoms with Crippen molar-refractivity contribution in [2.75, 3.05) is 17.3 Å². The van der Waals surface area contributed by atoms with Gasteiger partial charge in [-0.3, -0.25) is 14.9 Å². The van der Waals surface area contributed by atoms with Gasteiger partial charge in [-0.15, -0.1) is 0 Å². The van der Waals surface area contributed by atoms with Crippen molar-refractivity contribution in [3.63, 3.8) is 0 Å². The van der Waals surface area contributed by atoms with E-state index in [1.165, 1.54) is 7.11 Å². The van der Waals surface area contributed by atoms with Gasteiger partial charge in [-0.2, -0.15) is 0 Å². The summed E-state index contributed by atoms with van der Waals surface area (Å²) in [5.41, 5.74) is 1.74. The average molecular weight is 296 g/mol. The molecule has 1 aliphatic heterocycles. The van der Waals surface area contributed by atoms with Gasteiger partial charge in [0, 0.05) is 5.69 Å². The molecule has 1 N–H and O–H groups in total. The van der Waals surface area contributed by atoms with E-state index in [9.17, 15) is 14.4 Å². The monoisotopic (exact) mass is 296 g/mol. The molecule has 0 radical (unpaired) electrons. The van der Waals surface area contributed by atoms with Crippen molar-refractivity contribution >= 4 is 29.3 Å². The molecule has 6 nitrogen and oxygen atoms in total. The van der Waals surface area contributed by atoms with Gasteiger partial charge in [0.25, 0.3) is 11.8 Å². The van der Waals surface area contributed by atoms with Crippen LogP contribution in [0.3, 0.4) is 0 Å². The van der Waals surface area contributed by atoms with E-state index in [1.54, 1.807) is 48.5 Å². The number of nitrogens with zero attached hydrogens (tertiary/aromatic N) is 1. The molecular formula is C16H12N2O4. The molecule has 0 spiro atoms. The maximum atomic E-state index is 12.3. The molecule has 3 rings (SSSR count). The Morgan fingerprint density at radius 1 is 0.955 bits per heavy atom. The van der Waals surface area contributed by atoms with Crippen LogP contribution in [0.1, 0.15) is 20.7 Å². The number of imide groups is 1. The number of ether oxygens (including phenoxy) is 1. The largest absolute Gasteiger partial charge is 0.453 e. The minimum absolute atomic E-state index is 0.353. The molecule has 0 atom stereocenters. The zero-order valence-electron chi connectivity index (χ0n) is 11.7. The van der Waals surface area contributed by atoms with Crippen molar-refractivity contribution in [3.8, 4) is 0 Å². The number of carbonyl (C=O) groups excluding carboxylic acids is 3. The predicted octanol–water partition coefficient (Wildman–Crippen LogP) is 2.67. The van der Waals surface area contributed by atoms with Crippen molar-refractivity contribution in [2.24, 2.45) is 0 Å². The van der Waals surface area contributed by atoms with Gasteiger partial charge in [-0.05, 0) is 36.4 Å². The molecule has 0 saturated carbocycles. The van der Waals surface area contributed by atoms with Crippen LogP contribution in [-0.4, -0.2) is 25.0 Å². The van der Waals surface area contributed by atoms with Crippen molar-refractivity contribution in [1.82, 2.24) is 0 Å². The number of fused-ring (bicyclic) bond motifs is 1. The lowest BCUT2D eigenvalue weighted by Crippen LogP contribution is -2.29. The number of benzene rings is 2. The standard InChI is InChI=1S/C16H12N2O4/c1-22-16(21)17-10-6-8-11(9-7-10)18-14(19)12-4-2-3-5-13(12)15(18)20/h2-9H,1H3,(H,17,21). The third kappa shape index (κ3) is 2.20. The van der Waals surface area contributed by atoms with Crippen LogP contribution in [0.4, 0.5) is 16.2 Å². The van der Waals surface area contributed by atoms with Crippen LogP contribution >= 0.6 is 0 Å². The van der Waals surface area contributed by atoms with Gasteiger partial charge in [-0.1, -0.05) is 12.1 Å². The highest BCUT2D eigenvalue weighted by atomic mass is 16.5. The summed E-state index contributed by atoms with van der Waals surface area (Å²) in [6.45, 7) is 0. The van der Waals surface area contributed by atoms with E-state index in [1.807, 2.05) is 0 Å². The molecule has 6 heteroatoms. The van der Waals surface area contributed by atoms with Crippen molar-refractivity contribution in [3.05, 3.63) is 59.7 Å². The molecule has 0 bridgehead atoms. The topological polar surface area (TPSA) is 75.7 Å². The first kappa shape index (κ1) is 13.8. The Morgan fingerprint density at radius 2 is 1.50 bits per heavy atom. The molecule has 2 aromatic rings.